The lowest BCUT2D eigenvalue weighted by Crippen LogP contribution is -2.20. The van der Waals surface area contributed by atoms with Gasteiger partial charge in [-0.1, -0.05) is 0 Å². The predicted molar refractivity (Wildman–Crippen MR) is 62.9 cm³/mol. The fourth-order valence-corrected chi connectivity index (χ4v) is 1.41. The summed E-state index contributed by atoms with van der Waals surface area (Å²) in [4.78, 5) is 25.6. The second-order valence-electron chi connectivity index (χ2n) is 3.01. The van der Waals surface area contributed by atoms with Crippen LogP contribution >= 0.6 is 12.4 Å². The van der Waals surface area contributed by atoms with Crippen molar-refractivity contribution in [1.82, 2.24) is 9.55 Å². The predicted octanol–water partition coefficient (Wildman–Crippen LogP) is 0.332. The van der Waals surface area contributed by atoms with E-state index in [-0.39, 0.29) is 30.0 Å². The lowest BCUT2D eigenvalue weighted by molar-refractivity contribution is -0.108. The summed E-state index contributed by atoms with van der Waals surface area (Å²) in [5.74, 6) is -0.534. The molecule has 0 amide bonds. The van der Waals surface area contributed by atoms with Crippen molar-refractivity contribution >= 4 is 29.7 Å². The van der Waals surface area contributed by atoms with Gasteiger partial charge >= 0.3 is 0 Å². The molecular formula is C10H10ClFN2O3. The molecule has 0 aliphatic rings. The molecule has 2 rings (SSSR count). The van der Waals surface area contributed by atoms with Gasteiger partial charge in [-0.3, -0.25) is 14.3 Å². The van der Waals surface area contributed by atoms with E-state index >= 15 is 0 Å². The fourth-order valence-electron chi connectivity index (χ4n) is 1.41. The van der Waals surface area contributed by atoms with E-state index in [1.54, 1.807) is 0 Å². The van der Waals surface area contributed by atoms with Crippen molar-refractivity contribution in [2.45, 2.75) is 6.54 Å². The minimum Gasteiger partial charge on any atom is -0.412 e. The summed E-state index contributed by atoms with van der Waals surface area (Å²) in [7, 11) is 0. The average Bonchev–Trinajstić information content (AvgIpc) is 2.23. The van der Waals surface area contributed by atoms with E-state index in [0.29, 0.717) is 17.3 Å². The summed E-state index contributed by atoms with van der Waals surface area (Å²) in [6, 6.07) is 3.99. The Labute approximate surface area is 102 Å². The van der Waals surface area contributed by atoms with Crippen LogP contribution in [0.1, 0.15) is 0 Å². The Kier molecular flexibility index (Phi) is 5.43. The van der Waals surface area contributed by atoms with Crippen LogP contribution in [-0.4, -0.2) is 21.3 Å². The number of hydrogen-bond donors (Lipinski definition) is 0. The number of nitrogens with zero attached hydrogens (tertiary/aromatic N) is 2. The molecule has 2 N–H and O–H groups in total. The Balaban J connectivity index is 0.00000128. The molecule has 2 heterocycles. The maximum absolute atomic E-state index is 12.9. The van der Waals surface area contributed by atoms with E-state index in [0.717, 1.165) is 6.20 Å². The van der Waals surface area contributed by atoms with Gasteiger partial charge in [-0.05, 0) is 6.07 Å². The third kappa shape index (κ3) is 2.86. The van der Waals surface area contributed by atoms with Gasteiger partial charge < -0.3 is 10.3 Å². The number of fused-ring (bicyclic) bond motifs is 1. The lowest BCUT2D eigenvalue weighted by atomic mass is 10.3. The topological polar surface area (TPSA) is 83.5 Å². The van der Waals surface area contributed by atoms with Crippen LogP contribution in [0.2, 0.25) is 0 Å². The summed E-state index contributed by atoms with van der Waals surface area (Å²) in [5, 5.41) is 0. The monoisotopic (exact) mass is 260 g/mol. The zero-order valence-corrected chi connectivity index (χ0v) is 9.41. The Morgan fingerprint density at radius 3 is 2.76 bits per heavy atom. The highest BCUT2D eigenvalue weighted by atomic mass is 35.5. The molecule has 0 atom stereocenters. The molecular weight excluding hydrogens is 251 g/mol. The fraction of sp³-hybridized carbons (Fsp3) is 0.100. The van der Waals surface area contributed by atoms with Gasteiger partial charge in [-0.15, -0.1) is 12.4 Å². The number of aromatic nitrogens is 2. The van der Waals surface area contributed by atoms with Crippen LogP contribution in [0, 0.1) is 5.82 Å². The van der Waals surface area contributed by atoms with Crippen LogP contribution in [0.4, 0.5) is 4.39 Å². The molecule has 0 aliphatic heterocycles. The summed E-state index contributed by atoms with van der Waals surface area (Å²) < 4.78 is 14.1. The lowest BCUT2D eigenvalue weighted by Gasteiger charge is -2.05. The minimum absolute atomic E-state index is 0. The number of carbonyl (C=O) groups excluding carboxylic acids is 1. The molecule has 0 unspecified atom stereocenters. The Bertz CT molecular complexity index is 585. The zero-order valence-electron chi connectivity index (χ0n) is 8.59. The molecule has 2 aromatic rings. The van der Waals surface area contributed by atoms with Gasteiger partial charge in [0, 0.05) is 12.1 Å². The third-order valence-electron chi connectivity index (χ3n) is 2.06. The molecule has 0 bridgehead atoms. The first-order chi connectivity index (χ1) is 7.22. The number of pyridine rings is 2. The number of hydrogen-bond acceptors (Lipinski definition) is 3. The van der Waals surface area contributed by atoms with Crippen molar-refractivity contribution in [3.05, 3.63) is 40.6 Å². The van der Waals surface area contributed by atoms with E-state index in [4.69, 9.17) is 0 Å². The molecule has 0 saturated heterocycles. The molecule has 5 nitrogen and oxygen atoms in total. The second-order valence-corrected chi connectivity index (χ2v) is 3.01. The molecule has 0 fully saturated rings. The molecule has 17 heavy (non-hydrogen) atoms. The molecule has 0 aromatic carbocycles. The maximum Gasteiger partial charge on any atom is 0.251 e. The molecule has 0 spiro atoms. The van der Waals surface area contributed by atoms with Crippen molar-refractivity contribution < 1.29 is 14.7 Å². The normalized spacial score (nSPS) is 9.24. The van der Waals surface area contributed by atoms with Crippen molar-refractivity contribution in [1.29, 1.82) is 0 Å². The van der Waals surface area contributed by atoms with Crippen LogP contribution in [0.25, 0.3) is 11.0 Å². The minimum atomic E-state index is -0.534. The van der Waals surface area contributed by atoms with Crippen molar-refractivity contribution in [3.8, 4) is 0 Å². The van der Waals surface area contributed by atoms with E-state index < -0.39 is 5.82 Å². The van der Waals surface area contributed by atoms with Gasteiger partial charge in [0.2, 0.25) is 0 Å². The highest BCUT2D eigenvalue weighted by Gasteiger charge is 2.04. The molecule has 2 aromatic heterocycles. The van der Waals surface area contributed by atoms with Crippen LogP contribution in [-0.2, 0) is 11.3 Å². The summed E-state index contributed by atoms with van der Waals surface area (Å²) in [5.41, 5.74) is 0.467. The molecule has 0 radical (unpaired) electrons. The van der Waals surface area contributed by atoms with E-state index in [1.807, 2.05) is 0 Å². The van der Waals surface area contributed by atoms with Gasteiger partial charge in [-0.25, -0.2) is 4.39 Å². The van der Waals surface area contributed by atoms with Crippen molar-refractivity contribution in [2.24, 2.45) is 0 Å². The highest BCUT2D eigenvalue weighted by molar-refractivity contribution is 5.85. The summed E-state index contributed by atoms with van der Waals surface area (Å²) in [6.45, 7) is -0.0959. The Morgan fingerprint density at radius 1 is 1.41 bits per heavy atom. The Morgan fingerprint density at radius 2 is 2.12 bits per heavy atom. The largest absolute Gasteiger partial charge is 0.412 e. The smallest absolute Gasteiger partial charge is 0.251 e. The highest BCUT2D eigenvalue weighted by Crippen LogP contribution is 2.09. The van der Waals surface area contributed by atoms with E-state index in [1.165, 1.54) is 22.8 Å². The van der Waals surface area contributed by atoms with Crippen molar-refractivity contribution in [2.75, 3.05) is 0 Å². The average molecular weight is 261 g/mol. The van der Waals surface area contributed by atoms with Crippen LogP contribution in [0.15, 0.2) is 29.2 Å². The summed E-state index contributed by atoms with van der Waals surface area (Å²) >= 11 is 0. The molecule has 92 valence electrons. The first-order valence-corrected chi connectivity index (χ1v) is 4.31. The van der Waals surface area contributed by atoms with Crippen LogP contribution in [0.5, 0.6) is 0 Å². The molecule has 0 aliphatic carbocycles. The standard InChI is InChI=1S/C10H7FN2O2.ClH.H2O/c11-7-5-9-8(12-6-7)1-2-10(15)13(9)3-4-14;;/h1-2,4-6H,3H2;1H;1H2. The van der Waals surface area contributed by atoms with Crippen LogP contribution in [0.3, 0.4) is 0 Å². The van der Waals surface area contributed by atoms with Crippen molar-refractivity contribution in [3.63, 3.8) is 0 Å². The van der Waals surface area contributed by atoms with Gasteiger partial charge in [0.05, 0.1) is 23.8 Å². The summed E-state index contributed by atoms with van der Waals surface area (Å²) in [6.07, 6.45) is 1.66. The first-order valence-electron chi connectivity index (χ1n) is 4.31. The molecule has 0 saturated carbocycles. The van der Waals surface area contributed by atoms with Crippen LogP contribution < -0.4 is 5.56 Å². The van der Waals surface area contributed by atoms with Gasteiger partial charge in [0.15, 0.2) is 0 Å². The first kappa shape index (κ1) is 15.2. The Hall–Kier alpha value is -1.79. The number of aldehydes is 1. The SMILES string of the molecule is Cl.O.O=CCn1c(=O)ccc2ncc(F)cc21. The number of rotatable bonds is 2. The van der Waals surface area contributed by atoms with Gasteiger partial charge in [0.1, 0.15) is 12.1 Å². The van der Waals surface area contributed by atoms with E-state index in [2.05, 4.69) is 4.98 Å². The third-order valence-corrected chi connectivity index (χ3v) is 2.06. The quantitative estimate of drug-likeness (QED) is 0.730. The second kappa shape index (κ2) is 6.07. The maximum atomic E-state index is 12.9. The molecule has 7 heteroatoms. The van der Waals surface area contributed by atoms with E-state index in [9.17, 15) is 14.0 Å². The number of carbonyl (C=O) groups is 1. The van der Waals surface area contributed by atoms with Gasteiger partial charge in [-0.2, -0.15) is 0 Å². The van der Waals surface area contributed by atoms with Gasteiger partial charge in [0.25, 0.3) is 5.56 Å². The number of halogens is 2. The zero-order chi connectivity index (χ0) is 10.8.